The average Bonchev–Trinajstić information content (AvgIpc) is 3.40. The number of fused-ring (bicyclic) bond motifs is 6. The molecule has 32 heavy (non-hydrogen) atoms. The number of benzene rings is 2. The fourth-order valence-corrected chi connectivity index (χ4v) is 6.53. The van der Waals surface area contributed by atoms with Crippen LogP contribution in [-0.4, -0.2) is 10.6 Å². The van der Waals surface area contributed by atoms with E-state index in [1.54, 1.807) is 5.56 Å². The molecule has 158 valence electrons. The maximum atomic E-state index is 3.74. The van der Waals surface area contributed by atoms with E-state index in [-0.39, 0.29) is 0 Å². The number of para-hydroxylation sites is 1. The highest BCUT2D eigenvalue weighted by Crippen LogP contribution is 2.47. The molecule has 4 aliphatic rings. The zero-order valence-electron chi connectivity index (χ0n) is 18.2. The third-order valence-corrected chi connectivity index (χ3v) is 7.89. The Kier molecular flexibility index (Phi) is 4.08. The number of hydrogen-bond acceptors (Lipinski definition) is 1. The molecule has 1 aromatic heterocycles. The molecule has 3 aliphatic carbocycles. The van der Waals surface area contributed by atoms with Gasteiger partial charge in [-0.1, -0.05) is 72.9 Å². The molecule has 7 rings (SSSR count). The predicted octanol–water partition coefficient (Wildman–Crippen LogP) is 7.28. The van der Waals surface area contributed by atoms with Crippen molar-refractivity contribution in [3.8, 4) is 0 Å². The molecule has 1 N–H and O–H groups in total. The molecule has 0 saturated heterocycles. The van der Waals surface area contributed by atoms with Gasteiger partial charge in [0.25, 0.3) is 0 Å². The van der Waals surface area contributed by atoms with Gasteiger partial charge in [-0.3, -0.25) is 0 Å². The molecule has 0 radical (unpaired) electrons. The first-order valence-corrected chi connectivity index (χ1v) is 12.1. The lowest BCUT2D eigenvalue weighted by Gasteiger charge is -2.30. The molecule has 2 nitrogen and oxygen atoms in total. The number of nitrogens with zero attached hydrogens (tertiary/aromatic N) is 1. The summed E-state index contributed by atoms with van der Waals surface area (Å²) in [4.78, 5) is 0. The Morgan fingerprint density at radius 1 is 0.906 bits per heavy atom. The second-order valence-electron chi connectivity index (χ2n) is 9.63. The van der Waals surface area contributed by atoms with Crippen LogP contribution >= 0.6 is 0 Å². The molecule has 2 heterocycles. The summed E-state index contributed by atoms with van der Waals surface area (Å²) in [5, 5.41) is 5.19. The fourth-order valence-electron chi connectivity index (χ4n) is 6.53. The van der Waals surface area contributed by atoms with E-state index in [1.165, 1.54) is 33.4 Å². The summed E-state index contributed by atoms with van der Waals surface area (Å²) in [6.07, 6.45) is 23.3. The summed E-state index contributed by atoms with van der Waals surface area (Å²) in [6, 6.07) is 16.8. The van der Waals surface area contributed by atoms with Crippen LogP contribution in [0, 0.1) is 0 Å². The zero-order valence-corrected chi connectivity index (χ0v) is 18.2. The fraction of sp³-hybridized carbons (Fsp3) is 0.267. The lowest BCUT2D eigenvalue weighted by atomic mass is 9.79. The Bertz CT molecular complexity index is 1330. The lowest BCUT2D eigenvalue weighted by Crippen LogP contribution is -2.19. The largest absolute Gasteiger partial charge is 0.378 e. The van der Waals surface area contributed by atoms with Crippen LogP contribution in [0.1, 0.15) is 59.5 Å². The minimum absolute atomic E-state index is 0.394. The molecule has 0 saturated carbocycles. The predicted molar refractivity (Wildman–Crippen MR) is 134 cm³/mol. The van der Waals surface area contributed by atoms with Crippen molar-refractivity contribution < 1.29 is 0 Å². The van der Waals surface area contributed by atoms with Crippen molar-refractivity contribution in [2.45, 2.75) is 49.6 Å². The summed E-state index contributed by atoms with van der Waals surface area (Å²) < 4.78 is 2.66. The summed E-state index contributed by atoms with van der Waals surface area (Å²) in [6.45, 7) is 0. The van der Waals surface area contributed by atoms with Crippen molar-refractivity contribution in [3.63, 3.8) is 0 Å². The SMILES string of the molecule is C1=CC2Nc3cccc(C4C=CCC(n5c6c(c7ccccc75)CCC=C6)C4)c3C2C=C1. The van der Waals surface area contributed by atoms with Crippen LogP contribution in [0.25, 0.3) is 17.0 Å². The van der Waals surface area contributed by atoms with Gasteiger partial charge >= 0.3 is 0 Å². The van der Waals surface area contributed by atoms with Crippen LogP contribution in [0.2, 0.25) is 0 Å². The van der Waals surface area contributed by atoms with Crippen LogP contribution in [-0.2, 0) is 6.42 Å². The van der Waals surface area contributed by atoms with Gasteiger partial charge in [-0.25, -0.2) is 0 Å². The van der Waals surface area contributed by atoms with Crippen molar-refractivity contribution in [2.75, 3.05) is 5.32 Å². The molecule has 0 bridgehead atoms. The van der Waals surface area contributed by atoms with Gasteiger partial charge in [-0.15, -0.1) is 0 Å². The smallest absolute Gasteiger partial charge is 0.0551 e. The maximum Gasteiger partial charge on any atom is 0.0551 e. The Balaban J connectivity index is 1.30. The van der Waals surface area contributed by atoms with Crippen molar-refractivity contribution in [3.05, 3.63) is 107 Å². The van der Waals surface area contributed by atoms with Crippen LogP contribution in [0.3, 0.4) is 0 Å². The third kappa shape index (κ3) is 2.65. The zero-order chi connectivity index (χ0) is 21.1. The van der Waals surface area contributed by atoms with Crippen molar-refractivity contribution in [1.29, 1.82) is 0 Å². The first-order chi connectivity index (χ1) is 15.9. The minimum atomic E-state index is 0.394. The van der Waals surface area contributed by atoms with Crippen LogP contribution in [0.4, 0.5) is 5.69 Å². The number of aryl methyl sites for hydroxylation is 1. The van der Waals surface area contributed by atoms with E-state index in [9.17, 15) is 0 Å². The van der Waals surface area contributed by atoms with Gasteiger partial charge in [-0.2, -0.15) is 0 Å². The Labute approximate surface area is 189 Å². The Hall–Kier alpha value is -3.26. The topological polar surface area (TPSA) is 17.0 Å². The quantitative estimate of drug-likeness (QED) is 0.434. The lowest BCUT2D eigenvalue weighted by molar-refractivity contribution is 0.442. The molecular formula is C30H28N2. The number of aromatic nitrogens is 1. The highest BCUT2D eigenvalue weighted by Gasteiger charge is 2.34. The van der Waals surface area contributed by atoms with Crippen LogP contribution < -0.4 is 5.32 Å². The van der Waals surface area contributed by atoms with E-state index in [0.717, 1.165) is 25.7 Å². The summed E-state index contributed by atoms with van der Waals surface area (Å²) in [5.41, 5.74) is 8.72. The third-order valence-electron chi connectivity index (χ3n) is 7.89. The van der Waals surface area contributed by atoms with E-state index >= 15 is 0 Å². The molecule has 4 atom stereocenters. The number of anilines is 1. The van der Waals surface area contributed by atoms with Crippen molar-refractivity contribution in [1.82, 2.24) is 4.57 Å². The highest BCUT2D eigenvalue weighted by atomic mass is 15.0. The number of rotatable bonds is 2. The van der Waals surface area contributed by atoms with Gasteiger partial charge in [0.05, 0.1) is 6.04 Å². The maximum absolute atomic E-state index is 3.74. The molecule has 0 spiro atoms. The van der Waals surface area contributed by atoms with Crippen molar-refractivity contribution in [2.24, 2.45) is 0 Å². The molecular weight excluding hydrogens is 388 g/mol. The van der Waals surface area contributed by atoms with Gasteiger partial charge in [0.1, 0.15) is 0 Å². The first-order valence-electron chi connectivity index (χ1n) is 12.1. The molecule has 0 amide bonds. The standard InChI is InChI=1S/C30H28N2/c1-4-15-26-25(13-1)30-22(14-8-16-27(30)31-26)20-9-7-10-21(19-20)32-28-17-5-2-11-23(28)24-12-3-6-18-29(24)32/h1-2,4-9,11,13-18,20-21,25-26,31H,3,10,12,19H2. The Morgan fingerprint density at radius 3 is 2.84 bits per heavy atom. The van der Waals surface area contributed by atoms with E-state index < -0.39 is 0 Å². The Morgan fingerprint density at radius 2 is 1.84 bits per heavy atom. The van der Waals surface area contributed by atoms with E-state index in [2.05, 4.69) is 101 Å². The monoisotopic (exact) mass is 416 g/mol. The van der Waals surface area contributed by atoms with E-state index in [1.807, 2.05) is 0 Å². The van der Waals surface area contributed by atoms with E-state index in [0.29, 0.717) is 23.9 Å². The van der Waals surface area contributed by atoms with Crippen LogP contribution in [0.15, 0.2) is 85.0 Å². The molecule has 4 unspecified atom stereocenters. The first kappa shape index (κ1) is 18.3. The molecule has 2 heteroatoms. The van der Waals surface area contributed by atoms with E-state index in [4.69, 9.17) is 0 Å². The van der Waals surface area contributed by atoms with Crippen LogP contribution in [0.5, 0.6) is 0 Å². The number of nitrogens with one attached hydrogen (secondary N) is 1. The minimum Gasteiger partial charge on any atom is -0.378 e. The van der Waals surface area contributed by atoms with Gasteiger partial charge in [0, 0.05) is 40.2 Å². The van der Waals surface area contributed by atoms with Gasteiger partial charge in [-0.05, 0) is 60.6 Å². The molecule has 1 aliphatic heterocycles. The van der Waals surface area contributed by atoms with Gasteiger partial charge in [0.15, 0.2) is 0 Å². The highest BCUT2D eigenvalue weighted by molar-refractivity contribution is 5.89. The summed E-state index contributed by atoms with van der Waals surface area (Å²) in [5.74, 6) is 0.899. The van der Waals surface area contributed by atoms with Crippen molar-refractivity contribution >= 4 is 22.7 Å². The average molecular weight is 417 g/mol. The molecule has 2 aromatic carbocycles. The van der Waals surface area contributed by atoms with Gasteiger partial charge < -0.3 is 9.88 Å². The number of hydrogen-bond donors (Lipinski definition) is 1. The summed E-state index contributed by atoms with van der Waals surface area (Å²) >= 11 is 0. The number of allylic oxidation sites excluding steroid dienone is 5. The summed E-state index contributed by atoms with van der Waals surface area (Å²) in [7, 11) is 0. The second kappa shape index (κ2) is 7.13. The van der Waals surface area contributed by atoms with Gasteiger partial charge in [0.2, 0.25) is 0 Å². The molecule has 3 aromatic rings. The molecule has 0 fully saturated rings. The normalized spacial score (nSPS) is 27.2. The second-order valence-corrected chi connectivity index (χ2v) is 9.63.